The van der Waals surface area contributed by atoms with Crippen LogP contribution in [-0.2, 0) is 6.42 Å². The van der Waals surface area contributed by atoms with Gasteiger partial charge in [-0.15, -0.1) is 0 Å². The number of nitrogens with two attached hydrogens (primary N) is 1. The van der Waals surface area contributed by atoms with Crippen LogP contribution < -0.4 is 10.5 Å². The second-order valence-electron chi connectivity index (χ2n) is 4.86. The van der Waals surface area contributed by atoms with E-state index in [1.807, 2.05) is 0 Å². The van der Waals surface area contributed by atoms with Gasteiger partial charge in [-0.25, -0.2) is 0 Å². The van der Waals surface area contributed by atoms with Gasteiger partial charge in [0.05, 0.1) is 7.11 Å². The van der Waals surface area contributed by atoms with Crippen molar-refractivity contribution >= 4 is 0 Å². The predicted molar refractivity (Wildman–Crippen MR) is 77.2 cm³/mol. The van der Waals surface area contributed by atoms with Gasteiger partial charge in [-0.1, -0.05) is 17.7 Å². The van der Waals surface area contributed by atoms with Gasteiger partial charge in [-0.3, -0.25) is 0 Å². The van der Waals surface area contributed by atoms with E-state index >= 15 is 0 Å². The lowest BCUT2D eigenvalue weighted by atomic mass is 10.1. The van der Waals surface area contributed by atoms with E-state index in [4.69, 9.17) is 10.5 Å². The van der Waals surface area contributed by atoms with Gasteiger partial charge in [0.1, 0.15) is 5.75 Å². The fourth-order valence-corrected chi connectivity index (χ4v) is 2.05. The molecule has 0 amide bonds. The molecule has 0 heterocycles. The molecule has 3 nitrogen and oxygen atoms in total. The summed E-state index contributed by atoms with van der Waals surface area (Å²) in [6, 6.07) is 6.36. The van der Waals surface area contributed by atoms with Crippen molar-refractivity contribution in [2.24, 2.45) is 5.73 Å². The number of unbranched alkanes of at least 4 members (excludes halogenated alkanes) is 1. The molecule has 1 rings (SSSR count). The highest BCUT2D eigenvalue weighted by molar-refractivity contribution is 5.37. The molecule has 0 spiro atoms. The second kappa shape index (κ2) is 8.11. The molecule has 0 saturated carbocycles. The number of nitrogens with zero attached hydrogens (tertiary/aromatic N) is 1. The Morgan fingerprint density at radius 2 is 2.00 bits per heavy atom. The van der Waals surface area contributed by atoms with E-state index in [2.05, 4.69) is 37.1 Å². The molecule has 0 unspecified atom stereocenters. The number of hydrogen-bond acceptors (Lipinski definition) is 3. The summed E-state index contributed by atoms with van der Waals surface area (Å²) >= 11 is 0. The molecule has 0 aliphatic heterocycles. The summed E-state index contributed by atoms with van der Waals surface area (Å²) in [4.78, 5) is 2.36. The van der Waals surface area contributed by atoms with Crippen molar-refractivity contribution in [1.82, 2.24) is 4.90 Å². The van der Waals surface area contributed by atoms with Crippen molar-refractivity contribution < 1.29 is 4.74 Å². The number of benzene rings is 1. The zero-order valence-corrected chi connectivity index (χ0v) is 11.9. The minimum atomic E-state index is 0.791. The molecule has 0 fully saturated rings. The molecule has 102 valence electrons. The summed E-state index contributed by atoms with van der Waals surface area (Å²) in [6.07, 6.45) is 3.32. The van der Waals surface area contributed by atoms with Crippen LogP contribution in [-0.4, -0.2) is 38.7 Å². The summed E-state index contributed by atoms with van der Waals surface area (Å²) < 4.78 is 5.40. The third-order valence-electron chi connectivity index (χ3n) is 3.19. The van der Waals surface area contributed by atoms with Crippen LogP contribution in [0.25, 0.3) is 0 Å². The first-order valence-electron chi connectivity index (χ1n) is 6.69. The average molecular weight is 250 g/mol. The van der Waals surface area contributed by atoms with Crippen LogP contribution in [0.5, 0.6) is 5.75 Å². The third-order valence-corrected chi connectivity index (χ3v) is 3.19. The first-order valence-corrected chi connectivity index (χ1v) is 6.69. The SMILES string of the molecule is COc1ccc(C)cc1CCN(C)CCCCN. The van der Waals surface area contributed by atoms with Crippen LogP contribution in [0, 0.1) is 6.92 Å². The van der Waals surface area contributed by atoms with E-state index in [1.165, 1.54) is 17.5 Å². The summed E-state index contributed by atoms with van der Waals surface area (Å²) in [5.74, 6) is 0.996. The lowest BCUT2D eigenvalue weighted by Crippen LogP contribution is -2.23. The second-order valence-corrected chi connectivity index (χ2v) is 4.86. The number of ether oxygens (including phenoxy) is 1. The summed E-state index contributed by atoms with van der Waals surface area (Å²) in [5.41, 5.74) is 8.08. The van der Waals surface area contributed by atoms with Crippen molar-refractivity contribution in [3.05, 3.63) is 29.3 Å². The van der Waals surface area contributed by atoms with Gasteiger partial charge in [0.15, 0.2) is 0 Å². The summed E-state index contributed by atoms with van der Waals surface area (Å²) in [6.45, 7) is 5.09. The summed E-state index contributed by atoms with van der Waals surface area (Å²) in [5, 5.41) is 0. The van der Waals surface area contributed by atoms with Gasteiger partial charge in [0.25, 0.3) is 0 Å². The lowest BCUT2D eigenvalue weighted by molar-refractivity contribution is 0.328. The van der Waals surface area contributed by atoms with Gasteiger partial charge < -0.3 is 15.4 Å². The molecule has 18 heavy (non-hydrogen) atoms. The van der Waals surface area contributed by atoms with E-state index in [9.17, 15) is 0 Å². The topological polar surface area (TPSA) is 38.5 Å². The monoisotopic (exact) mass is 250 g/mol. The Morgan fingerprint density at radius 3 is 2.67 bits per heavy atom. The quantitative estimate of drug-likeness (QED) is 0.719. The maximum Gasteiger partial charge on any atom is 0.122 e. The molecule has 0 saturated heterocycles. The van der Waals surface area contributed by atoms with Crippen molar-refractivity contribution in [1.29, 1.82) is 0 Å². The van der Waals surface area contributed by atoms with E-state index in [0.29, 0.717) is 0 Å². The van der Waals surface area contributed by atoms with Crippen LogP contribution in [0.4, 0.5) is 0 Å². The normalized spacial score (nSPS) is 10.9. The van der Waals surface area contributed by atoms with Crippen LogP contribution in [0.1, 0.15) is 24.0 Å². The van der Waals surface area contributed by atoms with Gasteiger partial charge in [-0.2, -0.15) is 0 Å². The lowest BCUT2D eigenvalue weighted by Gasteiger charge is -2.17. The molecule has 1 aromatic rings. The minimum Gasteiger partial charge on any atom is -0.496 e. The molecule has 0 bridgehead atoms. The van der Waals surface area contributed by atoms with Crippen molar-refractivity contribution in [2.45, 2.75) is 26.2 Å². The largest absolute Gasteiger partial charge is 0.496 e. The van der Waals surface area contributed by atoms with E-state index in [1.54, 1.807) is 7.11 Å². The van der Waals surface area contributed by atoms with Crippen LogP contribution >= 0.6 is 0 Å². The van der Waals surface area contributed by atoms with Gasteiger partial charge in [0, 0.05) is 6.54 Å². The average Bonchev–Trinajstić information content (AvgIpc) is 2.37. The fraction of sp³-hybridized carbons (Fsp3) is 0.600. The first kappa shape index (κ1) is 15.0. The van der Waals surface area contributed by atoms with Crippen molar-refractivity contribution in [3.8, 4) is 5.75 Å². The Balaban J connectivity index is 2.44. The number of aryl methyl sites for hydroxylation is 1. The fourth-order valence-electron chi connectivity index (χ4n) is 2.05. The number of rotatable bonds is 8. The van der Waals surface area contributed by atoms with Gasteiger partial charge in [-0.05, 0) is 58.0 Å². The maximum absolute atomic E-state index is 5.50. The Kier molecular flexibility index (Phi) is 6.76. The Labute approximate surface area is 111 Å². The highest BCUT2D eigenvalue weighted by atomic mass is 16.5. The smallest absolute Gasteiger partial charge is 0.122 e. The zero-order chi connectivity index (χ0) is 13.4. The molecule has 0 atom stereocenters. The van der Waals surface area contributed by atoms with Gasteiger partial charge in [0.2, 0.25) is 0 Å². The molecule has 3 heteroatoms. The number of hydrogen-bond donors (Lipinski definition) is 1. The van der Waals surface area contributed by atoms with Crippen LogP contribution in [0.15, 0.2) is 18.2 Å². The van der Waals surface area contributed by atoms with Crippen LogP contribution in [0.3, 0.4) is 0 Å². The molecular formula is C15H26N2O. The molecule has 0 radical (unpaired) electrons. The Morgan fingerprint density at radius 1 is 1.22 bits per heavy atom. The van der Waals surface area contributed by atoms with E-state index < -0.39 is 0 Å². The molecule has 0 aliphatic carbocycles. The highest BCUT2D eigenvalue weighted by Crippen LogP contribution is 2.20. The minimum absolute atomic E-state index is 0.791. The van der Waals surface area contributed by atoms with Crippen LogP contribution in [0.2, 0.25) is 0 Å². The molecule has 1 aromatic carbocycles. The molecular weight excluding hydrogens is 224 g/mol. The number of likely N-dealkylation sites (N-methyl/N-ethyl adjacent to an activating group) is 1. The molecule has 0 aliphatic rings. The first-order chi connectivity index (χ1) is 8.67. The third kappa shape index (κ3) is 5.07. The van der Waals surface area contributed by atoms with Gasteiger partial charge >= 0.3 is 0 Å². The zero-order valence-electron chi connectivity index (χ0n) is 11.9. The van der Waals surface area contributed by atoms with Crippen molar-refractivity contribution in [2.75, 3.05) is 33.8 Å². The standard InChI is InChI=1S/C15H26N2O/c1-13-6-7-15(18-3)14(12-13)8-11-17(2)10-5-4-9-16/h6-7,12H,4-5,8-11,16H2,1-3H3. The summed E-state index contributed by atoms with van der Waals surface area (Å²) in [7, 11) is 3.90. The maximum atomic E-state index is 5.50. The highest BCUT2D eigenvalue weighted by Gasteiger charge is 2.05. The van der Waals surface area contributed by atoms with E-state index in [0.717, 1.165) is 38.2 Å². The molecule has 2 N–H and O–H groups in total. The Bertz CT molecular complexity index is 352. The van der Waals surface area contributed by atoms with E-state index in [-0.39, 0.29) is 0 Å². The Hall–Kier alpha value is -1.06. The predicted octanol–water partition coefficient (Wildman–Crippen LogP) is 2.22. The van der Waals surface area contributed by atoms with Crippen molar-refractivity contribution in [3.63, 3.8) is 0 Å². The number of methoxy groups -OCH3 is 1. The molecule has 0 aromatic heterocycles.